The SMILES string of the molecule is COc1ccc(Br)cc1/C=C/C(=O)NCCN1CCC(C(=O)c2ccc(F)cc2F)CC1. The molecule has 2 aromatic carbocycles. The quantitative estimate of drug-likeness (QED) is 0.424. The molecule has 0 radical (unpaired) electrons. The van der Waals surface area contributed by atoms with Gasteiger partial charge in [-0.15, -0.1) is 0 Å². The van der Waals surface area contributed by atoms with Crippen molar-refractivity contribution >= 4 is 33.7 Å². The minimum atomic E-state index is -0.811. The molecule has 1 heterocycles. The number of nitrogens with one attached hydrogen (secondary N) is 1. The normalized spacial score (nSPS) is 15.1. The lowest BCUT2D eigenvalue weighted by molar-refractivity contribution is -0.116. The number of likely N-dealkylation sites (tertiary alicyclic amines) is 1. The lowest BCUT2D eigenvalue weighted by Gasteiger charge is -2.31. The number of methoxy groups -OCH3 is 1. The predicted octanol–water partition coefficient (Wildman–Crippen LogP) is 4.46. The van der Waals surface area contributed by atoms with Gasteiger partial charge in [-0.1, -0.05) is 15.9 Å². The lowest BCUT2D eigenvalue weighted by atomic mass is 9.88. The van der Waals surface area contributed by atoms with Gasteiger partial charge in [-0.2, -0.15) is 0 Å². The van der Waals surface area contributed by atoms with E-state index in [1.54, 1.807) is 13.2 Å². The van der Waals surface area contributed by atoms with E-state index in [0.29, 0.717) is 44.8 Å². The number of hydrogen-bond acceptors (Lipinski definition) is 4. The number of nitrogens with zero attached hydrogens (tertiary/aromatic N) is 1. The van der Waals surface area contributed by atoms with Crippen molar-refractivity contribution in [1.29, 1.82) is 0 Å². The van der Waals surface area contributed by atoms with Crippen LogP contribution in [0.5, 0.6) is 5.75 Å². The first-order valence-electron chi connectivity index (χ1n) is 10.4. The second-order valence-electron chi connectivity index (χ2n) is 7.61. The van der Waals surface area contributed by atoms with Gasteiger partial charge in [-0.05, 0) is 62.3 Å². The summed E-state index contributed by atoms with van der Waals surface area (Å²) in [6, 6.07) is 8.61. The van der Waals surface area contributed by atoms with Gasteiger partial charge in [-0.25, -0.2) is 8.78 Å². The van der Waals surface area contributed by atoms with Gasteiger partial charge in [0.25, 0.3) is 0 Å². The Hall–Kier alpha value is -2.58. The molecule has 5 nitrogen and oxygen atoms in total. The van der Waals surface area contributed by atoms with Crippen LogP contribution in [-0.2, 0) is 4.79 Å². The van der Waals surface area contributed by atoms with E-state index in [4.69, 9.17) is 4.74 Å². The third-order valence-corrected chi connectivity index (χ3v) is 5.98. The number of piperidine rings is 1. The van der Waals surface area contributed by atoms with Crippen LogP contribution in [-0.4, -0.2) is 49.9 Å². The Bertz CT molecular complexity index is 1000. The number of benzene rings is 2. The molecule has 8 heteroatoms. The van der Waals surface area contributed by atoms with Gasteiger partial charge in [0.1, 0.15) is 17.4 Å². The Morgan fingerprint density at radius 1 is 1.19 bits per heavy atom. The average molecular weight is 507 g/mol. The Morgan fingerprint density at radius 3 is 2.62 bits per heavy atom. The van der Waals surface area contributed by atoms with Crippen molar-refractivity contribution in [3.05, 3.63) is 69.7 Å². The summed E-state index contributed by atoms with van der Waals surface area (Å²) in [5.41, 5.74) is 0.743. The Balaban J connectivity index is 1.42. The van der Waals surface area contributed by atoms with Crippen LogP contribution in [0.3, 0.4) is 0 Å². The smallest absolute Gasteiger partial charge is 0.244 e. The first kappa shape index (κ1) is 24.1. The number of carbonyl (C=O) groups excluding carboxylic acids is 2. The van der Waals surface area contributed by atoms with Gasteiger partial charge in [0.2, 0.25) is 5.91 Å². The number of carbonyl (C=O) groups is 2. The molecule has 3 rings (SSSR count). The van der Waals surface area contributed by atoms with E-state index in [-0.39, 0.29) is 23.2 Å². The standard InChI is InChI=1S/C24H25BrF2N2O3/c1-32-22-6-3-18(25)14-17(22)2-7-23(30)28-10-13-29-11-8-16(9-12-29)24(31)20-5-4-19(26)15-21(20)27/h2-7,14-16H,8-13H2,1H3,(H,28,30)/b7-2+. The second-order valence-corrected chi connectivity index (χ2v) is 8.53. The van der Waals surface area contributed by atoms with E-state index in [2.05, 4.69) is 26.1 Å². The molecule has 0 aliphatic carbocycles. The van der Waals surface area contributed by atoms with Gasteiger partial charge in [0.05, 0.1) is 12.7 Å². The Kier molecular flexibility index (Phi) is 8.53. The van der Waals surface area contributed by atoms with Crippen molar-refractivity contribution < 1.29 is 23.1 Å². The molecule has 1 N–H and O–H groups in total. The van der Waals surface area contributed by atoms with Crippen molar-refractivity contribution in [1.82, 2.24) is 10.2 Å². The molecule has 0 saturated carbocycles. The third kappa shape index (κ3) is 6.46. The molecule has 1 saturated heterocycles. The van der Waals surface area contributed by atoms with E-state index in [0.717, 1.165) is 22.2 Å². The van der Waals surface area contributed by atoms with Crippen LogP contribution in [0.25, 0.3) is 6.08 Å². The zero-order valence-corrected chi connectivity index (χ0v) is 19.3. The third-order valence-electron chi connectivity index (χ3n) is 5.49. The summed E-state index contributed by atoms with van der Waals surface area (Å²) in [7, 11) is 1.58. The van der Waals surface area contributed by atoms with E-state index < -0.39 is 11.6 Å². The van der Waals surface area contributed by atoms with Crippen LogP contribution in [0.4, 0.5) is 8.78 Å². The molecule has 0 bridgehead atoms. The number of Topliss-reactive ketones (excluding diaryl/α,β-unsaturated/α-hetero) is 1. The molecule has 2 aromatic rings. The fourth-order valence-electron chi connectivity index (χ4n) is 3.73. The Morgan fingerprint density at radius 2 is 1.94 bits per heavy atom. The first-order valence-corrected chi connectivity index (χ1v) is 11.2. The van der Waals surface area contributed by atoms with Gasteiger partial charge >= 0.3 is 0 Å². The van der Waals surface area contributed by atoms with Crippen molar-refractivity contribution in [2.24, 2.45) is 5.92 Å². The second kappa shape index (κ2) is 11.3. The van der Waals surface area contributed by atoms with Crippen molar-refractivity contribution in [2.45, 2.75) is 12.8 Å². The molecule has 1 aliphatic heterocycles. The summed E-state index contributed by atoms with van der Waals surface area (Å²) in [5.74, 6) is -1.58. The molecule has 32 heavy (non-hydrogen) atoms. The number of rotatable bonds is 8. The maximum Gasteiger partial charge on any atom is 0.244 e. The number of ether oxygens (including phenoxy) is 1. The lowest BCUT2D eigenvalue weighted by Crippen LogP contribution is -2.40. The summed E-state index contributed by atoms with van der Waals surface area (Å²) in [6.07, 6.45) is 4.37. The number of ketones is 1. The fraction of sp³-hybridized carbons (Fsp3) is 0.333. The zero-order valence-electron chi connectivity index (χ0n) is 17.7. The topological polar surface area (TPSA) is 58.6 Å². The van der Waals surface area contributed by atoms with Crippen molar-refractivity contribution in [3.8, 4) is 5.75 Å². The maximum atomic E-state index is 13.9. The molecule has 1 fully saturated rings. The summed E-state index contributed by atoms with van der Waals surface area (Å²) in [5, 5.41) is 2.85. The maximum absolute atomic E-state index is 13.9. The largest absolute Gasteiger partial charge is 0.496 e. The summed E-state index contributed by atoms with van der Waals surface area (Å²) in [6.45, 7) is 2.50. The van der Waals surface area contributed by atoms with Crippen molar-refractivity contribution in [2.75, 3.05) is 33.3 Å². The van der Waals surface area contributed by atoms with Crippen LogP contribution in [0.15, 0.2) is 46.9 Å². The highest BCUT2D eigenvalue weighted by Crippen LogP contribution is 2.25. The number of hydrogen-bond donors (Lipinski definition) is 1. The van der Waals surface area contributed by atoms with E-state index >= 15 is 0 Å². The monoisotopic (exact) mass is 506 g/mol. The minimum absolute atomic E-state index is 0.0500. The highest BCUT2D eigenvalue weighted by atomic mass is 79.9. The van der Waals surface area contributed by atoms with Gasteiger partial charge < -0.3 is 15.0 Å². The molecule has 170 valence electrons. The molecule has 0 spiro atoms. The molecular weight excluding hydrogens is 482 g/mol. The fourth-order valence-corrected chi connectivity index (χ4v) is 4.10. The molecule has 0 aromatic heterocycles. The van der Waals surface area contributed by atoms with Gasteiger partial charge in [-0.3, -0.25) is 9.59 Å². The predicted molar refractivity (Wildman–Crippen MR) is 123 cm³/mol. The minimum Gasteiger partial charge on any atom is -0.496 e. The summed E-state index contributed by atoms with van der Waals surface area (Å²) < 4.78 is 33.1. The van der Waals surface area contributed by atoms with Crippen LogP contribution in [0, 0.1) is 17.6 Å². The average Bonchev–Trinajstić information content (AvgIpc) is 2.78. The van der Waals surface area contributed by atoms with Crippen LogP contribution in [0.1, 0.15) is 28.8 Å². The van der Waals surface area contributed by atoms with Crippen LogP contribution in [0.2, 0.25) is 0 Å². The van der Waals surface area contributed by atoms with Crippen molar-refractivity contribution in [3.63, 3.8) is 0 Å². The summed E-state index contributed by atoms with van der Waals surface area (Å²) in [4.78, 5) is 26.8. The van der Waals surface area contributed by atoms with Gasteiger partial charge in [0, 0.05) is 41.2 Å². The van der Waals surface area contributed by atoms with Gasteiger partial charge in [0.15, 0.2) is 5.78 Å². The van der Waals surface area contributed by atoms with Crippen LogP contribution >= 0.6 is 15.9 Å². The number of amides is 1. The molecular formula is C24H25BrF2N2O3. The molecule has 0 atom stereocenters. The Labute approximate surface area is 194 Å². The zero-order chi connectivity index (χ0) is 23.1. The highest BCUT2D eigenvalue weighted by Gasteiger charge is 2.27. The first-order chi connectivity index (χ1) is 15.4. The van der Waals surface area contributed by atoms with E-state index in [1.165, 1.54) is 12.1 Å². The highest BCUT2D eigenvalue weighted by molar-refractivity contribution is 9.10. The van der Waals surface area contributed by atoms with E-state index in [1.807, 2.05) is 18.2 Å². The van der Waals surface area contributed by atoms with Crippen LogP contribution < -0.4 is 10.1 Å². The molecule has 1 aliphatic rings. The summed E-state index contributed by atoms with van der Waals surface area (Å²) >= 11 is 3.40. The van der Waals surface area contributed by atoms with E-state index in [9.17, 15) is 18.4 Å². The molecule has 0 unspecified atom stereocenters. The molecule has 1 amide bonds. The number of halogens is 3.